The number of para-hydroxylation sites is 2. The third-order valence-electron chi connectivity index (χ3n) is 8.01. The van der Waals surface area contributed by atoms with Gasteiger partial charge in [0.25, 0.3) is 15.9 Å². The topological polar surface area (TPSA) is 82.6 Å². The highest BCUT2D eigenvalue weighted by Crippen LogP contribution is 2.46. The van der Waals surface area contributed by atoms with Crippen LogP contribution in [0.15, 0.2) is 114 Å². The average Bonchev–Trinajstić information content (AvgIpc) is 3.65. The lowest BCUT2D eigenvalue weighted by molar-refractivity contribution is 0.102. The first kappa shape index (κ1) is 29.4. The SMILES string of the molecule is CN(c1ccccc1)S(=O)(=O)c1ccc(C(=O)Nc2sc3c(c2-c2nc4ccccc4s2)CCN(Cc2ccccc2)C3)cc1. The second kappa shape index (κ2) is 12.2. The van der Waals surface area contributed by atoms with Crippen LogP contribution in [-0.4, -0.2) is 37.8 Å². The van der Waals surface area contributed by atoms with Crippen LogP contribution < -0.4 is 9.62 Å². The Morgan fingerprint density at radius 3 is 2.31 bits per heavy atom. The smallest absolute Gasteiger partial charge is 0.264 e. The lowest BCUT2D eigenvalue weighted by Crippen LogP contribution is -2.29. The van der Waals surface area contributed by atoms with Crippen LogP contribution in [0, 0.1) is 0 Å². The van der Waals surface area contributed by atoms with Gasteiger partial charge in [0, 0.05) is 42.7 Å². The molecule has 4 aromatic carbocycles. The minimum Gasteiger partial charge on any atom is -0.313 e. The number of carbonyl (C=O) groups excluding carboxylic acids is 1. The molecule has 3 heterocycles. The molecule has 10 heteroatoms. The highest BCUT2D eigenvalue weighted by atomic mass is 32.2. The van der Waals surface area contributed by atoms with Gasteiger partial charge in [-0.15, -0.1) is 22.7 Å². The normalized spacial score (nSPS) is 13.4. The van der Waals surface area contributed by atoms with Crippen LogP contribution in [0.3, 0.4) is 0 Å². The van der Waals surface area contributed by atoms with Crippen molar-refractivity contribution in [1.29, 1.82) is 0 Å². The summed E-state index contributed by atoms with van der Waals surface area (Å²) in [5, 5.41) is 4.83. The van der Waals surface area contributed by atoms with Crippen LogP contribution in [0.2, 0.25) is 0 Å². The molecule has 1 aliphatic rings. The minimum atomic E-state index is -3.79. The summed E-state index contributed by atoms with van der Waals surface area (Å²) in [7, 11) is -2.26. The molecular formula is C35H30N4O3S3. The molecule has 226 valence electrons. The van der Waals surface area contributed by atoms with Gasteiger partial charge >= 0.3 is 0 Å². The molecule has 0 aliphatic carbocycles. The molecule has 0 unspecified atom stereocenters. The third-order valence-corrected chi connectivity index (χ3v) is 12.0. The number of thiophene rings is 1. The van der Waals surface area contributed by atoms with Gasteiger partial charge in [-0.2, -0.15) is 0 Å². The molecule has 0 bridgehead atoms. The van der Waals surface area contributed by atoms with Crippen molar-refractivity contribution in [3.8, 4) is 10.6 Å². The van der Waals surface area contributed by atoms with E-state index in [1.807, 2.05) is 30.3 Å². The first-order valence-electron chi connectivity index (χ1n) is 14.6. The fourth-order valence-electron chi connectivity index (χ4n) is 5.61. The second-order valence-electron chi connectivity index (χ2n) is 10.9. The number of nitrogens with zero attached hydrogens (tertiary/aromatic N) is 3. The highest BCUT2D eigenvalue weighted by molar-refractivity contribution is 7.92. The van der Waals surface area contributed by atoms with E-state index in [2.05, 4.69) is 40.5 Å². The Balaban J connectivity index is 1.17. The van der Waals surface area contributed by atoms with E-state index in [0.717, 1.165) is 51.8 Å². The standard InChI is InChI=1S/C35H30N4O3S3/c1-38(26-12-6-3-7-13-26)45(41,42)27-18-16-25(17-19-27)33(40)37-35-32(34-36-29-14-8-9-15-30(29)43-34)28-20-21-39(23-31(28)44-35)22-24-10-4-2-5-11-24/h2-19H,20-23H2,1H3,(H,37,40). The number of carbonyl (C=O) groups is 1. The molecule has 1 aliphatic heterocycles. The number of hydrogen-bond acceptors (Lipinski definition) is 7. The van der Waals surface area contributed by atoms with Crippen LogP contribution in [0.4, 0.5) is 10.7 Å². The summed E-state index contributed by atoms with van der Waals surface area (Å²) in [5.74, 6) is -0.294. The van der Waals surface area contributed by atoms with E-state index in [-0.39, 0.29) is 10.8 Å². The Hall–Kier alpha value is -4.35. The molecule has 0 radical (unpaired) electrons. The summed E-state index contributed by atoms with van der Waals surface area (Å²) in [6.45, 7) is 2.58. The number of nitrogens with one attached hydrogen (secondary N) is 1. The molecule has 0 saturated carbocycles. The fourth-order valence-corrected chi connectivity index (χ4v) is 9.21. The Morgan fingerprint density at radius 1 is 0.889 bits per heavy atom. The summed E-state index contributed by atoms with van der Waals surface area (Å²) >= 11 is 3.24. The van der Waals surface area contributed by atoms with E-state index >= 15 is 0 Å². The molecule has 7 nitrogen and oxygen atoms in total. The molecule has 7 rings (SSSR count). The van der Waals surface area contributed by atoms with E-state index in [1.165, 1.54) is 39.5 Å². The number of fused-ring (bicyclic) bond motifs is 2. The molecule has 6 aromatic rings. The molecule has 0 atom stereocenters. The van der Waals surface area contributed by atoms with Crippen molar-refractivity contribution < 1.29 is 13.2 Å². The third kappa shape index (κ3) is 5.89. The first-order chi connectivity index (χ1) is 21.9. The Kier molecular flexibility index (Phi) is 7.97. The quantitative estimate of drug-likeness (QED) is 0.183. The highest BCUT2D eigenvalue weighted by Gasteiger charge is 2.28. The van der Waals surface area contributed by atoms with Gasteiger partial charge in [0.05, 0.1) is 20.8 Å². The molecule has 2 aromatic heterocycles. The van der Waals surface area contributed by atoms with Crippen molar-refractivity contribution in [2.75, 3.05) is 23.2 Å². The molecule has 0 spiro atoms. The van der Waals surface area contributed by atoms with Gasteiger partial charge in [0.2, 0.25) is 0 Å². The molecular weight excluding hydrogens is 621 g/mol. The Bertz CT molecular complexity index is 2060. The zero-order valence-electron chi connectivity index (χ0n) is 24.5. The van der Waals surface area contributed by atoms with Crippen molar-refractivity contribution in [2.45, 2.75) is 24.4 Å². The predicted molar refractivity (Wildman–Crippen MR) is 184 cm³/mol. The second-order valence-corrected chi connectivity index (χ2v) is 15.0. The summed E-state index contributed by atoms with van der Waals surface area (Å²) in [6, 6.07) is 33.6. The predicted octanol–water partition coefficient (Wildman–Crippen LogP) is 7.66. The number of benzene rings is 4. The molecule has 45 heavy (non-hydrogen) atoms. The summed E-state index contributed by atoms with van der Waals surface area (Å²) in [6.07, 6.45) is 0.862. The van der Waals surface area contributed by atoms with Gasteiger partial charge in [-0.05, 0) is 66.1 Å². The number of sulfonamides is 1. The van der Waals surface area contributed by atoms with Crippen LogP contribution in [0.5, 0.6) is 0 Å². The van der Waals surface area contributed by atoms with Gasteiger partial charge in [-0.1, -0.05) is 60.7 Å². The maximum Gasteiger partial charge on any atom is 0.264 e. The van der Waals surface area contributed by atoms with E-state index in [9.17, 15) is 13.2 Å². The Morgan fingerprint density at radius 2 is 1.58 bits per heavy atom. The van der Waals surface area contributed by atoms with Crippen molar-refractivity contribution in [3.05, 3.63) is 131 Å². The maximum atomic E-state index is 13.6. The van der Waals surface area contributed by atoms with Gasteiger partial charge in [-0.25, -0.2) is 13.4 Å². The van der Waals surface area contributed by atoms with Gasteiger partial charge in [0.1, 0.15) is 10.0 Å². The number of rotatable bonds is 8. The fraction of sp³-hybridized carbons (Fsp3) is 0.143. The van der Waals surface area contributed by atoms with Gasteiger partial charge in [0.15, 0.2) is 0 Å². The lowest BCUT2D eigenvalue weighted by atomic mass is 10.0. The van der Waals surface area contributed by atoms with Crippen molar-refractivity contribution in [2.24, 2.45) is 0 Å². The zero-order chi connectivity index (χ0) is 31.0. The maximum absolute atomic E-state index is 13.6. The minimum absolute atomic E-state index is 0.116. The van der Waals surface area contributed by atoms with E-state index in [1.54, 1.807) is 59.1 Å². The van der Waals surface area contributed by atoms with E-state index in [4.69, 9.17) is 4.98 Å². The van der Waals surface area contributed by atoms with Crippen LogP contribution in [0.1, 0.15) is 26.4 Å². The largest absolute Gasteiger partial charge is 0.313 e. The number of aromatic nitrogens is 1. The number of hydrogen-bond donors (Lipinski definition) is 1. The van der Waals surface area contributed by atoms with Gasteiger partial charge in [-0.3, -0.25) is 14.0 Å². The average molecular weight is 651 g/mol. The van der Waals surface area contributed by atoms with Crippen LogP contribution in [-0.2, 0) is 29.5 Å². The first-order valence-corrected chi connectivity index (χ1v) is 17.7. The number of amides is 1. The zero-order valence-corrected chi connectivity index (χ0v) is 27.0. The number of thiazole rings is 1. The molecule has 1 N–H and O–H groups in total. The summed E-state index contributed by atoms with van der Waals surface area (Å²) < 4.78 is 28.8. The van der Waals surface area contributed by atoms with Crippen LogP contribution in [0.25, 0.3) is 20.8 Å². The Labute approximate surface area is 270 Å². The monoisotopic (exact) mass is 650 g/mol. The van der Waals surface area contributed by atoms with Crippen LogP contribution >= 0.6 is 22.7 Å². The van der Waals surface area contributed by atoms with Crippen molar-refractivity contribution in [1.82, 2.24) is 9.88 Å². The molecule has 0 fully saturated rings. The summed E-state index contributed by atoms with van der Waals surface area (Å²) in [4.78, 5) is 22.4. The van der Waals surface area contributed by atoms with Gasteiger partial charge < -0.3 is 5.32 Å². The molecule has 1 amide bonds. The lowest BCUT2D eigenvalue weighted by Gasteiger charge is -2.27. The van der Waals surface area contributed by atoms with Crippen molar-refractivity contribution >= 4 is 59.5 Å². The summed E-state index contributed by atoms with van der Waals surface area (Å²) in [5.41, 5.74) is 5.39. The van der Waals surface area contributed by atoms with E-state index in [0.29, 0.717) is 11.3 Å². The van der Waals surface area contributed by atoms with E-state index < -0.39 is 10.0 Å². The van der Waals surface area contributed by atoms with Crippen molar-refractivity contribution in [3.63, 3.8) is 0 Å². The molecule has 0 saturated heterocycles. The number of anilines is 2.